The third-order valence-corrected chi connectivity index (χ3v) is 3.84. The Morgan fingerprint density at radius 1 is 1.50 bits per heavy atom. The summed E-state index contributed by atoms with van der Waals surface area (Å²) in [6.07, 6.45) is 4.66. The highest BCUT2D eigenvalue weighted by atomic mass is 16.5. The fourth-order valence-corrected chi connectivity index (χ4v) is 2.42. The molecule has 2 aromatic heterocycles. The van der Waals surface area contributed by atoms with Gasteiger partial charge in [0.1, 0.15) is 12.1 Å². The van der Waals surface area contributed by atoms with Gasteiger partial charge in [0.2, 0.25) is 0 Å². The summed E-state index contributed by atoms with van der Waals surface area (Å²) < 4.78 is 6.81. The van der Waals surface area contributed by atoms with Crippen molar-refractivity contribution in [2.24, 2.45) is 5.41 Å². The van der Waals surface area contributed by atoms with Crippen LogP contribution < -0.4 is 5.32 Å². The number of methoxy groups -OCH3 is 1. The zero-order chi connectivity index (χ0) is 14.0. The zero-order valence-electron chi connectivity index (χ0n) is 11.5. The molecule has 0 atom stereocenters. The lowest BCUT2D eigenvalue weighted by molar-refractivity contribution is 0.181. The Morgan fingerprint density at radius 2 is 2.35 bits per heavy atom. The number of aliphatic hydroxyl groups is 1. The Kier molecular flexibility index (Phi) is 3.54. The average Bonchev–Trinajstić information content (AvgIpc) is 3.03. The van der Waals surface area contributed by atoms with E-state index in [0.717, 1.165) is 37.3 Å². The molecule has 1 aliphatic carbocycles. The summed E-state index contributed by atoms with van der Waals surface area (Å²) in [5.74, 6) is 1.43. The van der Waals surface area contributed by atoms with Crippen molar-refractivity contribution in [1.82, 2.24) is 19.6 Å². The number of anilines is 1. The lowest BCUT2D eigenvalue weighted by Crippen LogP contribution is -2.19. The van der Waals surface area contributed by atoms with Gasteiger partial charge in [-0.25, -0.2) is 4.98 Å². The maximum Gasteiger partial charge on any atom is 0.254 e. The van der Waals surface area contributed by atoms with Crippen LogP contribution in [0.2, 0.25) is 0 Å². The van der Waals surface area contributed by atoms with E-state index in [4.69, 9.17) is 9.84 Å². The summed E-state index contributed by atoms with van der Waals surface area (Å²) in [5, 5.41) is 16.7. The number of ether oxygens (including phenoxy) is 1. The van der Waals surface area contributed by atoms with Crippen molar-refractivity contribution in [3.8, 4) is 0 Å². The molecular weight excluding hydrogens is 258 g/mol. The van der Waals surface area contributed by atoms with Gasteiger partial charge in [0.25, 0.3) is 5.78 Å². The van der Waals surface area contributed by atoms with Crippen molar-refractivity contribution in [1.29, 1.82) is 0 Å². The zero-order valence-corrected chi connectivity index (χ0v) is 11.5. The first kappa shape index (κ1) is 13.3. The minimum absolute atomic E-state index is 0.242. The SMILES string of the molecule is COCc1cc(NCC2(CCO)CC2)n2ncnc2n1. The van der Waals surface area contributed by atoms with Crippen LogP contribution in [0.3, 0.4) is 0 Å². The molecule has 20 heavy (non-hydrogen) atoms. The summed E-state index contributed by atoms with van der Waals surface area (Å²) in [4.78, 5) is 8.49. The molecule has 0 radical (unpaired) electrons. The van der Waals surface area contributed by atoms with Crippen LogP contribution in [-0.2, 0) is 11.3 Å². The molecule has 1 fully saturated rings. The van der Waals surface area contributed by atoms with E-state index in [1.165, 1.54) is 6.33 Å². The number of aliphatic hydroxyl groups excluding tert-OH is 1. The van der Waals surface area contributed by atoms with Crippen molar-refractivity contribution >= 4 is 11.6 Å². The van der Waals surface area contributed by atoms with Crippen LogP contribution in [0.15, 0.2) is 12.4 Å². The quantitative estimate of drug-likeness (QED) is 0.780. The third-order valence-electron chi connectivity index (χ3n) is 3.84. The fraction of sp³-hybridized carbons (Fsp3) is 0.615. The Balaban J connectivity index is 1.80. The van der Waals surface area contributed by atoms with Crippen molar-refractivity contribution in [2.45, 2.75) is 25.9 Å². The predicted octanol–water partition coefficient (Wildman–Crippen LogP) is 0.845. The topological polar surface area (TPSA) is 84.6 Å². The van der Waals surface area contributed by atoms with E-state index in [2.05, 4.69) is 20.4 Å². The summed E-state index contributed by atoms with van der Waals surface area (Å²) in [7, 11) is 1.64. The van der Waals surface area contributed by atoms with Gasteiger partial charge in [-0.05, 0) is 24.7 Å². The van der Waals surface area contributed by atoms with Gasteiger partial charge in [0.15, 0.2) is 0 Å². The second-order valence-corrected chi connectivity index (χ2v) is 5.36. The second-order valence-electron chi connectivity index (χ2n) is 5.36. The Morgan fingerprint density at radius 3 is 3.05 bits per heavy atom. The van der Waals surface area contributed by atoms with Crippen LogP contribution in [0.5, 0.6) is 0 Å². The molecule has 1 aliphatic rings. The predicted molar refractivity (Wildman–Crippen MR) is 73.4 cm³/mol. The van der Waals surface area contributed by atoms with Crippen molar-refractivity contribution in [3.05, 3.63) is 18.1 Å². The molecule has 0 aliphatic heterocycles. The van der Waals surface area contributed by atoms with Gasteiger partial charge in [0.05, 0.1) is 12.3 Å². The van der Waals surface area contributed by atoms with Crippen molar-refractivity contribution in [3.63, 3.8) is 0 Å². The molecule has 1 saturated carbocycles. The summed E-state index contributed by atoms with van der Waals surface area (Å²) >= 11 is 0. The monoisotopic (exact) mass is 277 g/mol. The standard InChI is InChI=1S/C13H19N5O2/c1-20-7-10-6-11(18-12(17-10)15-9-16-18)14-8-13(2-3-13)4-5-19/h6,9,14,19H,2-5,7-8H2,1H3. The van der Waals surface area contributed by atoms with Crippen LogP contribution in [0, 0.1) is 5.41 Å². The lowest BCUT2D eigenvalue weighted by atomic mass is 10.0. The third kappa shape index (κ3) is 2.59. The number of nitrogens with zero attached hydrogens (tertiary/aromatic N) is 4. The van der Waals surface area contributed by atoms with E-state index < -0.39 is 0 Å². The minimum Gasteiger partial charge on any atom is -0.396 e. The molecule has 2 N–H and O–H groups in total. The molecular formula is C13H19N5O2. The molecule has 0 bridgehead atoms. The fourth-order valence-electron chi connectivity index (χ4n) is 2.42. The molecule has 0 aromatic carbocycles. The highest BCUT2D eigenvalue weighted by molar-refractivity contribution is 5.45. The summed E-state index contributed by atoms with van der Waals surface area (Å²) in [6.45, 7) is 1.52. The van der Waals surface area contributed by atoms with Gasteiger partial charge in [-0.2, -0.15) is 14.6 Å². The number of nitrogens with one attached hydrogen (secondary N) is 1. The molecule has 0 unspecified atom stereocenters. The molecule has 0 spiro atoms. The van der Waals surface area contributed by atoms with Gasteiger partial charge in [-0.3, -0.25) is 0 Å². The Hall–Kier alpha value is -1.73. The van der Waals surface area contributed by atoms with E-state index in [1.807, 2.05) is 6.07 Å². The van der Waals surface area contributed by atoms with Crippen molar-refractivity contribution in [2.75, 3.05) is 25.6 Å². The number of hydrogen-bond acceptors (Lipinski definition) is 6. The summed E-state index contributed by atoms with van der Waals surface area (Å²) in [6, 6.07) is 1.93. The van der Waals surface area contributed by atoms with E-state index in [0.29, 0.717) is 12.4 Å². The average molecular weight is 277 g/mol. The highest BCUT2D eigenvalue weighted by Gasteiger charge is 2.41. The van der Waals surface area contributed by atoms with E-state index >= 15 is 0 Å². The first-order chi connectivity index (χ1) is 9.76. The minimum atomic E-state index is 0.242. The van der Waals surface area contributed by atoms with Gasteiger partial charge >= 0.3 is 0 Å². The summed E-state index contributed by atoms with van der Waals surface area (Å²) in [5.41, 5.74) is 1.06. The maximum absolute atomic E-state index is 9.11. The molecule has 108 valence electrons. The molecule has 0 amide bonds. The molecule has 7 nitrogen and oxygen atoms in total. The first-order valence-electron chi connectivity index (χ1n) is 6.80. The van der Waals surface area contributed by atoms with Crippen LogP contribution in [0.25, 0.3) is 5.78 Å². The van der Waals surface area contributed by atoms with E-state index in [9.17, 15) is 0 Å². The molecule has 3 rings (SSSR count). The molecule has 2 heterocycles. The normalized spacial score (nSPS) is 16.5. The Bertz CT molecular complexity index is 593. The number of hydrogen-bond donors (Lipinski definition) is 2. The van der Waals surface area contributed by atoms with E-state index in [1.54, 1.807) is 11.6 Å². The maximum atomic E-state index is 9.11. The van der Waals surface area contributed by atoms with Crippen LogP contribution in [-0.4, -0.2) is 45.0 Å². The molecule has 2 aromatic rings. The van der Waals surface area contributed by atoms with E-state index in [-0.39, 0.29) is 12.0 Å². The van der Waals surface area contributed by atoms with Gasteiger partial charge in [-0.15, -0.1) is 0 Å². The first-order valence-corrected chi connectivity index (χ1v) is 6.80. The number of rotatable bonds is 7. The molecule has 7 heteroatoms. The smallest absolute Gasteiger partial charge is 0.254 e. The van der Waals surface area contributed by atoms with Crippen LogP contribution in [0.4, 0.5) is 5.82 Å². The van der Waals surface area contributed by atoms with Gasteiger partial charge < -0.3 is 15.2 Å². The largest absolute Gasteiger partial charge is 0.396 e. The Labute approximate surface area is 117 Å². The second kappa shape index (κ2) is 5.34. The number of fused-ring (bicyclic) bond motifs is 1. The number of aromatic nitrogens is 4. The van der Waals surface area contributed by atoms with Gasteiger partial charge in [-0.1, -0.05) is 0 Å². The van der Waals surface area contributed by atoms with Crippen LogP contribution >= 0.6 is 0 Å². The van der Waals surface area contributed by atoms with Crippen molar-refractivity contribution < 1.29 is 9.84 Å². The van der Waals surface area contributed by atoms with Crippen LogP contribution in [0.1, 0.15) is 25.0 Å². The highest BCUT2D eigenvalue weighted by Crippen LogP contribution is 2.48. The molecule has 0 saturated heterocycles. The lowest BCUT2D eigenvalue weighted by Gasteiger charge is -2.16. The van der Waals surface area contributed by atoms with Gasteiger partial charge in [0, 0.05) is 26.3 Å².